The third kappa shape index (κ3) is 6.67. The Bertz CT molecular complexity index is 363. The van der Waals surface area contributed by atoms with Gasteiger partial charge in [0.1, 0.15) is 0 Å². The van der Waals surface area contributed by atoms with E-state index < -0.39 is 0 Å². The van der Waals surface area contributed by atoms with Crippen LogP contribution >= 0.6 is 0 Å². The van der Waals surface area contributed by atoms with Gasteiger partial charge < -0.3 is 15.4 Å². The molecule has 128 valence electrons. The molecule has 2 amide bonds. The normalized spacial score (nSPS) is 22.0. The minimum absolute atomic E-state index is 0.0841. The molecule has 1 fully saturated rings. The Kier molecular flexibility index (Phi) is 7.69. The molecule has 0 bridgehead atoms. The fourth-order valence-corrected chi connectivity index (χ4v) is 3.26. The van der Waals surface area contributed by atoms with Crippen LogP contribution in [0, 0.1) is 11.3 Å². The number of methoxy groups -OCH3 is 1. The number of esters is 1. The number of ether oxygens (including phenoxy) is 1. The summed E-state index contributed by atoms with van der Waals surface area (Å²) in [4.78, 5) is 23.0. The molecule has 0 aromatic heterocycles. The number of rotatable bonds is 6. The second-order valence-corrected chi connectivity index (χ2v) is 7.30. The van der Waals surface area contributed by atoms with Crippen molar-refractivity contribution in [2.24, 2.45) is 11.3 Å². The van der Waals surface area contributed by atoms with E-state index in [9.17, 15) is 9.59 Å². The Labute approximate surface area is 134 Å². The third-order valence-corrected chi connectivity index (χ3v) is 4.52. The first-order chi connectivity index (χ1) is 10.3. The molecular weight excluding hydrogens is 280 g/mol. The van der Waals surface area contributed by atoms with Gasteiger partial charge in [-0.3, -0.25) is 4.79 Å². The van der Waals surface area contributed by atoms with E-state index in [1.165, 1.54) is 26.4 Å². The third-order valence-electron chi connectivity index (χ3n) is 4.52. The van der Waals surface area contributed by atoms with E-state index in [0.29, 0.717) is 18.9 Å². The summed E-state index contributed by atoms with van der Waals surface area (Å²) >= 11 is 0. The Hall–Kier alpha value is -1.26. The molecule has 1 rings (SSSR count). The number of amides is 2. The largest absolute Gasteiger partial charge is 0.469 e. The van der Waals surface area contributed by atoms with E-state index in [4.69, 9.17) is 0 Å². The van der Waals surface area contributed by atoms with Gasteiger partial charge in [0.05, 0.1) is 7.11 Å². The summed E-state index contributed by atoms with van der Waals surface area (Å²) in [7, 11) is 1.39. The van der Waals surface area contributed by atoms with Gasteiger partial charge >= 0.3 is 12.0 Å². The van der Waals surface area contributed by atoms with E-state index >= 15 is 0 Å². The maximum Gasteiger partial charge on any atom is 0.315 e. The number of hydrogen-bond donors (Lipinski definition) is 2. The lowest BCUT2D eigenvalue weighted by Crippen LogP contribution is -2.50. The van der Waals surface area contributed by atoms with Crippen LogP contribution in [0.3, 0.4) is 0 Å². The van der Waals surface area contributed by atoms with E-state index in [2.05, 4.69) is 36.1 Å². The summed E-state index contributed by atoms with van der Waals surface area (Å²) in [5.41, 5.74) is 0.221. The van der Waals surface area contributed by atoms with Crippen LogP contribution in [0.25, 0.3) is 0 Å². The summed E-state index contributed by atoms with van der Waals surface area (Å²) in [6, 6.07) is 0.183. The van der Waals surface area contributed by atoms with Crippen molar-refractivity contribution in [2.75, 3.05) is 13.7 Å². The second kappa shape index (κ2) is 9.01. The first-order valence-corrected chi connectivity index (χ1v) is 8.45. The highest BCUT2D eigenvalue weighted by Gasteiger charge is 2.34. The van der Waals surface area contributed by atoms with Gasteiger partial charge in [-0.05, 0) is 37.0 Å². The topological polar surface area (TPSA) is 67.4 Å². The summed E-state index contributed by atoms with van der Waals surface area (Å²) < 4.78 is 4.58. The highest BCUT2D eigenvalue weighted by molar-refractivity contribution is 5.74. The number of carbonyl (C=O) groups excluding carboxylic acids is 2. The molecule has 2 N–H and O–H groups in total. The maximum absolute atomic E-state index is 12.0. The molecular formula is C17H32N2O3. The summed E-state index contributed by atoms with van der Waals surface area (Å²) in [5, 5.41) is 6.04. The average molecular weight is 312 g/mol. The van der Waals surface area contributed by atoms with E-state index in [1.807, 2.05) is 0 Å². The molecule has 0 saturated heterocycles. The first-order valence-electron chi connectivity index (χ1n) is 8.45. The van der Waals surface area contributed by atoms with Gasteiger partial charge in [0.25, 0.3) is 0 Å². The van der Waals surface area contributed by atoms with Gasteiger partial charge in [-0.15, -0.1) is 0 Å². The Balaban J connectivity index is 2.27. The molecule has 0 radical (unpaired) electrons. The van der Waals surface area contributed by atoms with Crippen LogP contribution in [0.5, 0.6) is 0 Å². The van der Waals surface area contributed by atoms with Crippen molar-refractivity contribution in [3.8, 4) is 0 Å². The Morgan fingerprint density at radius 1 is 1.14 bits per heavy atom. The van der Waals surface area contributed by atoms with Crippen molar-refractivity contribution in [3.63, 3.8) is 0 Å². The average Bonchev–Trinajstić information content (AvgIpc) is 2.46. The molecule has 0 aromatic rings. The molecule has 22 heavy (non-hydrogen) atoms. The van der Waals surface area contributed by atoms with Crippen LogP contribution < -0.4 is 10.6 Å². The number of nitrogens with one attached hydrogen (secondary N) is 2. The molecule has 5 nitrogen and oxygen atoms in total. The minimum Gasteiger partial charge on any atom is -0.469 e. The predicted molar refractivity (Wildman–Crippen MR) is 87.6 cm³/mol. The molecule has 0 aliphatic heterocycles. The summed E-state index contributed by atoms with van der Waals surface area (Å²) in [5.74, 6) is 0.339. The Morgan fingerprint density at radius 2 is 1.82 bits per heavy atom. The van der Waals surface area contributed by atoms with Crippen molar-refractivity contribution < 1.29 is 14.3 Å². The Morgan fingerprint density at radius 3 is 2.45 bits per heavy atom. The van der Waals surface area contributed by atoms with Crippen LogP contribution in [-0.4, -0.2) is 31.7 Å². The van der Waals surface area contributed by atoms with Crippen LogP contribution in [0.2, 0.25) is 0 Å². The van der Waals surface area contributed by atoms with Crippen LogP contribution in [0.15, 0.2) is 0 Å². The van der Waals surface area contributed by atoms with Crippen molar-refractivity contribution in [2.45, 2.75) is 71.8 Å². The smallest absolute Gasteiger partial charge is 0.315 e. The molecule has 0 aromatic carbocycles. The van der Waals surface area contributed by atoms with Crippen molar-refractivity contribution >= 4 is 12.0 Å². The zero-order valence-electron chi connectivity index (χ0n) is 14.5. The van der Waals surface area contributed by atoms with E-state index in [1.54, 1.807) is 0 Å². The molecule has 2 atom stereocenters. The summed E-state index contributed by atoms with van der Waals surface area (Å²) in [6.45, 7) is 7.35. The minimum atomic E-state index is -0.195. The number of unbranched alkanes of at least 4 members (excludes halogenated alkanes) is 1. The van der Waals surface area contributed by atoms with E-state index in [-0.39, 0.29) is 23.5 Å². The van der Waals surface area contributed by atoms with Crippen molar-refractivity contribution in [1.82, 2.24) is 10.6 Å². The highest BCUT2D eigenvalue weighted by Crippen LogP contribution is 2.37. The maximum atomic E-state index is 12.0. The zero-order valence-corrected chi connectivity index (χ0v) is 14.5. The fourth-order valence-electron chi connectivity index (χ4n) is 3.26. The molecule has 0 heterocycles. The van der Waals surface area contributed by atoms with Gasteiger partial charge in [-0.25, -0.2) is 4.79 Å². The molecule has 1 aliphatic rings. The SMILES string of the molecule is COC(=O)CCCCNC(=O)NC1CCCCC1C(C)(C)C. The quantitative estimate of drug-likeness (QED) is 0.584. The monoisotopic (exact) mass is 312 g/mol. The van der Waals surface area contributed by atoms with Crippen LogP contribution in [0.1, 0.15) is 65.7 Å². The number of carbonyl (C=O) groups is 2. The highest BCUT2D eigenvalue weighted by atomic mass is 16.5. The number of hydrogen-bond acceptors (Lipinski definition) is 3. The molecule has 2 unspecified atom stereocenters. The lowest BCUT2D eigenvalue weighted by Gasteiger charge is -2.40. The molecule has 1 aliphatic carbocycles. The molecule has 1 saturated carbocycles. The molecule has 5 heteroatoms. The standard InChI is InChI=1S/C17H32N2O3/c1-17(2,3)13-9-5-6-10-14(13)19-16(21)18-12-8-7-11-15(20)22-4/h13-14H,5-12H2,1-4H3,(H2,18,19,21). The van der Waals surface area contributed by atoms with Crippen LogP contribution in [0.4, 0.5) is 4.79 Å². The van der Waals surface area contributed by atoms with Gasteiger partial charge in [-0.1, -0.05) is 33.6 Å². The number of urea groups is 1. The van der Waals surface area contributed by atoms with Crippen molar-refractivity contribution in [1.29, 1.82) is 0 Å². The zero-order chi connectivity index (χ0) is 16.6. The lowest BCUT2D eigenvalue weighted by atomic mass is 9.69. The van der Waals surface area contributed by atoms with Gasteiger partial charge in [0.2, 0.25) is 0 Å². The predicted octanol–water partition coefficient (Wildman–Crippen LogP) is 3.23. The first kappa shape index (κ1) is 18.8. The fraction of sp³-hybridized carbons (Fsp3) is 0.882. The van der Waals surface area contributed by atoms with Gasteiger partial charge in [-0.2, -0.15) is 0 Å². The van der Waals surface area contributed by atoms with Gasteiger partial charge in [0, 0.05) is 19.0 Å². The van der Waals surface area contributed by atoms with E-state index in [0.717, 1.165) is 19.3 Å². The van der Waals surface area contributed by atoms with Crippen LogP contribution in [-0.2, 0) is 9.53 Å². The summed E-state index contributed by atoms with van der Waals surface area (Å²) in [6.07, 6.45) is 6.64. The second-order valence-electron chi connectivity index (χ2n) is 7.30. The van der Waals surface area contributed by atoms with Crippen molar-refractivity contribution in [3.05, 3.63) is 0 Å². The molecule has 0 spiro atoms. The van der Waals surface area contributed by atoms with Gasteiger partial charge in [0.15, 0.2) is 0 Å². The lowest BCUT2D eigenvalue weighted by molar-refractivity contribution is -0.140.